The lowest BCUT2D eigenvalue weighted by Crippen LogP contribution is -2.49. The molecule has 23 heavy (non-hydrogen) atoms. The van der Waals surface area contributed by atoms with Crippen LogP contribution in [0.25, 0.3) is 0 Å². The Hall–Kier alpha value is -2.77. The van der Waals surface area contributed by atoms with E-state index in [-0.39, 0.29) is 18.2 Å². The lowest BCUT2D eigenvalue weighted by molar-refractivity contribution is -0.127. The SMILES string of the molecule is CNC(=O)NC(=O)CCN1C[C@@H](C(=O)NC)Oc2ccccc21. The van der Waals surface area contributed by atoms with Gasteiger partial charge in [-0.3, -0.25) is 14.9 Å². The average Bonchev–Trinajstić information content (AvgIpc) is 2.58. The van der Waals surface area contributed by atoms with Crippen molar-refractivity contribution < 1.29 is 19.1 Å². The number of amides is 4. The monoisotopic (exact) mass is 320 g/mol. The third-order valence-corrected chi connectivity index (χ3v) is 3.49. The van der Waals surface area contributed by atoms with Crippen LogP contribution in [0.1, 0.15) is 6.42 Å². The van der Waals surface area contributed by atoms with E-state index in [4.69, 9.17) is 4.74 Å². The second kappa shape index (κ2) is 7.48. The Balaban J connectivity index is 2.06. The number of urea groups is 1. The molecule has 8 nitrogen and oxygen atoms in total. The first-order valence-corrected chi connectivity index (χ1v) is 7.29. The van der Waals surface area contributed by atoms with Crippen LogP contribution in [0.2, 0.25) is 0 Å². The highest BCUT2D eigenvalue weighted by molar-refractivity contribution is 5.94. The predicted octanol–water partition coefficient (Wildman–Crippen LogP) is -0.154. The van der Waals surface area contributed by atoms with Gasteiger partial charge in [0.15, 0.2) is 6.10 Å². The van der Waals surface area contributed by atoms with E-state index in [1.54, 1.807) is 13.1 Å². The van der Waals surface area contributed by atoms with Crippen LogP contribution in [0.4, 0.5) is 10.5 Å². The van der Waals surface area contributed by atoms with Gasteiger partial charge in [0.2, 0.25) is 5.91 Å². The minimum atomic E-state index is -0.642. The first-order valence-electron chi connectivity index (χ1n) is 7.29. The van der Waals surface area contributed by atoms with Crippen molar-refractivity contribution in [3.63, 3.8) is 0 Å². The molecule has 0 aromatic heterocycles. The van der Waals surface area contributed by atoms with E-state index in [2.05, 4.69) is 16.0 Å². The number of rotatable bonds is 4. The Morgan fingerprint density at radius 2 is 1.96 bits per heavy atom. The van der Waals surface area contributed by atoms with Crippen molar-refractivity contribution in [2.45, 2.75) is 12.5 Å². The molecule has 1 aliphatic rings. The molecule has 0 saturated heterocycles. The molecule has 4 amide bonds. The second-order valence-electron chi connectivity index (χ2n) is 5.01. The molecule has 1 aromatic carbocycles. The van der Waals surface area contributed by atoms with Crippen molar-refractivity contribution in [3.05, 3.63) is 24.3 Å². The Morgan fingerprint density at radius 3 is 2.65 bits per heavy atom. The fourth-order valence-corrected chi connectivity index (χ4v) is 2.30. The number of anilines is 1. The summed E-state index contributed by atoms with van der Waals surface area (Å²) in [5.41, 5.74) is 0.820. The number of nitrogens with zero attached hydrogens (tertiary/aromatic N) is 1. The molecule has 1 aliphatic heterocycles. The molecule has 3 N–H and O–H groups in total. The highest BCUT2D eigenvalue weighted by Gasteiger charge is 2.30. The van der Waals surface area contributed by atoms with Crippen LogP contribution in [0.5, 0.6) is 5.75 Å². The number of likely N-dealkylation sites (N-methyl/N-ethyl adjacent to an activating group) is 1. The molecule has 8 heteroatoms. The number of hydrogen-bond donors (Lipinski definition) is 3. The average molecular weight is 320 g/mol. The van der Waals surface area contributed by atoms with Gasteiger partial charge in [0.25, 0.3) is 5.91 Å². The van der Waals surface area contributed by atoms with Gasteiger partial charge in [0, 0.05) is 27.1 Å². The van der Waals surface area contributed by atoms with E-state index in [0.29, 0.717) is 18.8 Å². The lowest BCUT2D eigenvalue weighted by Gasteiger charge is -2.35. The predicted molar refractivity (Wildman–Crippen MR) is 84.4 cm³/mol. The van der Waals surface area contributed by atoms with Gasteiger partial charge in [-0.25, -0.2) is 4.79 Å². The quantitative estimate of drug-likeness (QED) is 0.716. The fraction of sp³-hybridized carbons (Fsp3) is 0.400. The molecule has 0 aliphatic carbocycles. The van der Waals surface area contributed by atoms with Crippen LogP contribution < -0.4 is 25.6 Å². The van der Waals surface area contributed by atoms with Crippen molar-refractivity contribution in [3.8, 4) is 5.75 Å². The van der Waals surface area contributed by atoms with Gasteiger partial charge in [-0.15, -0.1) is 0 Å². The number of carbonyl (C=O) groups excluding carboxylic acids is 3. The molecule has 0 spiro atoms. The van der Waals surface area contributed by atoms with Gasteiger partial charge >= 0.3 is 6.03 Å². The third-order valence-electron chi connectivity index (χ3n) is 3.49. The highest BCUT2D eigenvalue weighted by Crippen LogP contribution is 2.33. The maximum Gasteiger partial charge on any atom is 0.321 e. The number of para-hydroxylation sites is 2. The minimum absolute atomic E-state index is 0.127. The van der Waals surface area contributed by atoms with Crippen molar-refractivity contribution in [1.29, 1.82) is 0 Å². The Bertz CT molecular complexity index is 605. The maximum absolute atomic E-state index is 11.8. The summed E-state index contributed by atoms with van der Waals surface area (Å²) in [6.07, 6.45) is -0.515. The van der Waals surface area contributed by atoms with Crippen molar-refractivity contribution in [2.24, 2.45) is 0 Å². The highest BCUT2D eigenvalue weighted by atomic mass is 16.5. The topological polar surface area (TPSA) is 99.8 Å². The lowest BCUT2D eigenvalue weighted by atomic mass is 10.1. The summed E-state index contributed by atoms with van der Waals surface area (Å²) in [5, 5.41) is 7.10. The smallest absolute Gasteiger partial charge is 0.321 e. The van der Waals surface area contributed by atoms with Crippen LogP contribution in [-0.4, -0.2) is 51.1 Å². The van der Waals surface area contributed by atoms with E-state index in [0.717, 1.165) is 5.69 Å². The summed E-state index contributed by atoms with van der Waals surface area (Å²) in [6, 6.07) is 6.79. The van der Waals surface area contributed by atoms with Crippen LogP contribution >= 0.6 is 0 Å². The van der Waals surface area contributed by atoms with Crippen molar-refractivity contribution >= 4 is 23.5 Å². The Labute approximate surface area is 134 Å². The fourth-order valence-electron chi connectivity index (χ4n) is 2.30. The molecular weight excluding hydrogens is 300 g/mol. The van der Waals surface area contributed by atoms with Gasteiger partial charge in [-0.2, -0.15) is 0 Å². The number of hydrogen-bond acceptors (Lipinski definition) is 5. The van der Waals surface area contributed by atoms with E-state index in [1.807, 2.05) is 23.1 Å². The Morgan fingerprint density at radius 1 is 1.22 bits per heavy atom. The first-order chi connectivity index (χ1) is 11.0. The molecule has 0 radical (unpaired) electrons. The van der Waals surface area contributed by atoms with E-state index < -0.39 is 12.1 Å². The first kappa shape index (κ1) is 16.6. The minimum Gasteiger partial charge on any atom is -0.477 e. The molecular formula is C15H20N4O4. The van der Waals surface area contributed by atoms with Crippen LogP contribution in [0.3, 0.4) is 0 Å². The summed E-state index contributed by atoms with van der Waals surface area (Å²) in [5.74, 6) is -0.0109. The Kier molecular flexibility index (Phi) is 5.40. The van der Waals surface area contributed by atoms with Gasteiger partial charge in [-0.1, -0.05) is 12.1 Å². The number of fused-ring (bicyclic) bond motifs is 1. The van der Waals surface area contributed by atoms with Crippen LogP contribution in [0.15, 0.2) is 24.3 Å². The molecule has 1 heterocycles. The largest absolute Gasteiger partial charge is 0.477 e. The van der Waals surface area contributed by atoms with Crippen molar-refractivity contribution in [1.82, 2.24) is 16.0 Å². The number of carbonyl (C=O) groups is 3. The van der Waals surface area contributed by atoms with Gasteiger partial charge in [0.05, 0.1) is 12.2 Å². The zero-order valence-corrected chi connectivity index (χ0v) is 13.1. The molecule has 2 rings (SSSR count). The zero-order valence-electron chi connectivity index (χ0n) is 13.1. The number of imide groups is 1. The van der Waals surface area contributed by atoms with Gasteiger partial charge < -0.3 is 20.3 Å². The molecule has 1 atom stereocenters. The number of benzene rings is 1. The summed E-state index contributed by atoms with van der Waals surface area (Å²) >= 11 is 0. The van der Waals surface area contributed by atoms with E-state index >= 15 is 0 Å². The summed E-state index contributed by atoms with van der Waals surface area (Å²) in [7, 11) is 2.99. The number of nitrogens with one attached hydrogen (secondary N) is 3. The van der Waals surface area contributed by atoms with E-state index in [9.17, 15) is 14.4 Å². The van der Waals surface area contributed by atoms with Crippen LogP contribution in [-0.2, 0) is 9.59 Å². The molecule has 0 fully saturated rings. The third kappa shape index (κ3) is 4.12. The van der Waals surface area contributed by atoms with Gasteiger partial charge in [0.1, 0.15) is 5.75 Å². The molecule has 1 aromatic rings. The molecule has 0 saturated carbocycles. The second-order valence-corrected chi connectivity index (χ2v) is 5.01. The molecule has 0 bridgehead atoms. The van der Waals surface area contributed by atoms with Gasteiger partial charge in [-0.05, 0) is 12.1 Å². The summed E-state index contributed by atoms with van der Waals surface area (Å²) in [6.45, 7) is 0.709. The van der Waals surface area contributed by atoms with Crippen molar-refractivity contribution in [2.75, 3.05) is 32.1 Å². The van der Waals surface area contributed by atoms with E-state index in [1.165, 1.54) is 7.05 Å². The zero-order chi connectivity index (χ0) is 16.8. The standard InChI is InChI=1S/C15H20N4O4/c1-16-14(21)12-9-19(8-7-13(20)18-15(22)17-2)10-5-3-4-6-11(10)23-12/h3-6,12H,7-9H2,1-2H3,(H,16,21)(H2,17,18,20,22)/t12-/m0/s1. The maximum atomic E-state index is 11.8. The summed E-state index contributed by atoms with van der Waals surface area (Å²) in [4.78, 5) is 36.6. The molecule has 124 valence electrons. The van der Waals surface area contributed by atoms with Crippen LogP contribution in [0, 0.1) is 0 Å². The number of ether oxygens (including phenoxy) is 1. The normalized spacial score (nSPS) is 15.9. The molecule has 0 unspecified atom stereocenters. The summed E-state index contributed by atoms with van der Waals surface area (Å²) < 4.78 is 5.69.